The van der Waals surface area contributed by atoms with Crippen LogP contribution in [0.4, 0.5) is 25.8 Å². The molecular weight excluding hydrogens is 340 g/mol. The molecule has 0 atom stereocenters. The number of hydrogen-bond donors (Lipinski definition) is 2. The average molecular weight is 350 g/mol. The van der Waals surface area contributed by atoms with Crippen LogP contribution in [0, 0.1) is 11.6 Å². The van der Waals surface area contributed by atoms with Crippen molar-refractivity contribution in [2.24, 2.45) is 0 Å². The molecule has 3 aromatic rings. The quantitative estimate of drug-likeness (QED) is 0.664. The van der Waals surface area contributed by atoms with Crippen molar-refractivity contribution in [3.63, 3.8) is 0 Å². The molecule has 0 aliphatic heterocycles. The second-order valence-corrected chi connectivity index (χ2v) is 5.33. The molecule has 2 aromatic carbocycles. The lowest BCUT2D eigenvalue weighted by atomic mass is 10.1. The van der Waals surface area contributed by atoms with Crippen molar-refractivity contribution in [2.45, 2.75) is 0 Å². The van der Waals surface area contributed by atoms with Gasteiger partial charge in [0.2, 0.25) is 0 Å². The van der Waals surface area contributed by atoms with E-state index in [0.717, 1.165) is 0 Å². The van der Waals surface area contributed by atoms with Crippen LogP contribution in [0.25, 0.3) is 10.9 Å². The topological polar surface area (TPSA) is 50.9 Å². The van der Waals surface area contributed by atoms with Crippen LogP contribution in [0.5, 0.6) is 0 Å². The normalized spacial score (nSPS) is 10.8. The van der Waals surface area contributed by atoms with Crippen molar-refractivity contribution >= 4 is 43.9 Å². The Balaban J connectivity index is 2.19. The van der Waals surface area contributed by atoms with E-state index < -0.39 is 11.6 Å². The zero-order valence-corrected chi connectivity index (χ0v) is 12.3. The smallest absolute Gasteiger partial charge is 0.150 e. The molecular formula is C15H10BrF2N3. The number of nitrogens with two attached hydrogens (primary N) is 1. The Morgan fingerprint density at radius 1 is 1.14 bits per heavy atom. The molecule has 3 nitrogen and oxygen atoms in total. The van der Waals surface area contributed by atoms with Crippen LogP contribution in [-0.4, -0.2) is 4.98 Å². The van der Waals surface area contributed by atoms with E-state index in [1.165, 1.54) is 18.2 Å². The predicted molar refractivity (Wildman–Crippen MR) is 83.5 cm³/mol. The van der Waals surface area contributed by atoms with Gasteiger partial charge in [0.25, 0.3) is 0 Å². The van der Waals surface area contributed by atoms with Gasteiger partial charge in [-0.15, -0.1) is 0 Å². The first-order valence-corrected chi connectivity index (χ1v) is 6.90. The fourth-order valence-electron chi connectivity index (χ4n) is 2.08. The third kappa shape index (κ3) is 2.54. The minimum absolute atomic E-state index is 0.158. The molecule has 21 heavy (non-hydrogen) atoms. The first kappa shape index (κ1) is 13.8. The largest absolute Gasteiger partial charge is 0.398 e. The third-order valence-corrected chi connectivity index (χ3v) is 3.76. The van der Waals surface area contributed by atoms with Crippen LogP contribution >= 0.6 is 15.9 Å². The molecule has 6 heteroatoms. The molecule has 3 N–H and O–H groups in total. The monoisotopic (exact) mass is 349 g/mol. The first-order chi connectivity index (χ1) is 10.1. The van der Waals surface area contributed by atoms with Gasteiger partial charge in [-0.2, -0.15) is 0 Å². The van der Waals surface area contributed by atoms with Crippen LogP contribution in [0.15, 0.2) is 47.1 Å². The molecule has 0 aliphatic carbocycles. The number of benzene rings is 2. The van der Waals surface area contributed by atoms with Gasteiger partial charge in [0.15, 0.2) is 5.82 Å². The summed E-state index contributed by atoms with van der Waals surface area (Å²) in [6.45, 7) is 0. The lowest BCUT2D eigenvalue weighted by Crippen LogP contribution is -2.00. The van der Waals surface area contributed by atoms with Crippen molar-refractivity contribution in [1.82, 2.24) is 4.98 Å². The molecule has 1 heterocycles. The summed E-state index contributed by atoms with van der Waals surface area (Å²) in [5.41, 5.74) is 7.06. The summed E-state index contributed by atoms with van der Waals surface area (Å²) in [5.74, 6) is -0.969. The molecule has 0 amide bonds. The Morgan fingerprint density at radius 2 is 1.95 bits per heavy atom. The molecule has 106 valence electrons. The second kappa shape index (κ2) is 5.29. The van der Waals surface area contributed by atoms with Gasteiger partial charge in [-0.3, -0.25) is 4.98 Å². The minimum atomic E-state index is -0.546. The molecule has 0 aliphatic rings. The number of nitrogen functional groups attached to an aromatic ring is 1. The van der Waals surface area contributed by atoms with E-state index in [1.54, 1.807) is 24.4 Å². The molecule has 0 saturated heterocycles. The molecule has 3 rings (SSSR count). The Labute approximate surface area is 127 Å². The van der Waals surface area contributed by atoms with Crippen LogP contribution < -0.4 is 11.1 Å². The van der Waals surface area contributed by atoms with E-state index in [4.69, 9.17) is 5.73 Å². The van der Waals surface area contributed by atoms with Gasteiger partial charge in [0.05, 0.1) is 11.2 Å². The number of nitrogens with zero attached hydrogens (tertiary/aromatic N) is 1. The Morgan fingerprint density at radius 3 is 2.76 bits per heavy atom. The summed E-state index contributed by atoms with van der Waals surface area (Å²) in [6.07, 6.45) is 1.55. The van der Waals surface area contributed by atoms with E-state index >= 15 is 0 Å². The number of anilines is 3. The Kier molecular flexibility index (Phi) is 3.47. The molecule has 0 bridgehead atoms. The SMILES string of the molecule is Nc1cc(F)c(Nc2cc(F)ccc2Br)c2ncccc12. The van der Waals surface area contributed by atoms with Gasteiger partial charge in [0, 0.05) is 21.7 Å². The van der Waals surface area contributed by atoms with E-state index in [-0.39, 0.29) is 5.69 Å². The molecule has 0 radical (unpaired) electrons. The maximum absolute atomic E-state index is 14.2. The number of aromatic nitrogens is 1. The summed E-state index contributed by atoms with van der Waals surface area (Å²) in [7, 11) is 0. The van der Waals surface area contributed by atoms with Crippen molar-refractivity contribution in [3.05, 3.63) is 58.7 Å². The summed E-state index contributed by atoms with van der Waals surface area (Å²) in [6, 6.07) is 8.82. The fourth-order valence-corrected chi connectivity index (χ4v) is 2.43. The summed E-state index contributed by atoms with van der Waals surface area (Å²) in [5, 5.41) is 3.50. The first-order valence-electron chi connectivity index (χ1n) is 6.11. The number of nitrogens with one attached hydrogen (secondary N) is 1. The number of halogens is 3. The molecule has 0 saturated carbocycles. The lowest BCUT2D eigenvalue weighted by molar-refractivity contribution is 0.627. The van der Waals surface area contributed by atoms with Gasteiger partial charge in [-0.05, 0) is 52.3 Å². The van der Waals surface area contributed by atoms with Gasteiger partial charge in [-0.1, -0.05) is 0 Å². The predicted octanol–water partition coefficient (Wildman–Crippen LogP) is 4.60. The molecule has 0 unspecified atom stereocenters. The summed E-state index contributed by atoms with van der Waals surface area (Å²) in [4.78, 5) is 4.16. The highest BCUT2D eigenvalue weighted by atomic mass is 79.9. The van der Waals surface area contributed by atoms with Gasteiger partial charge >= 0.3 is 0 Å². The molecule has 0 spiro atoms. The van der Waals surface area contributed by atoms with Crippen molar-refractivity contribution in [3.8, 4) is 0 Å². The Hall–Kier alpha value is -2.21. The Bertz CT molecular complexity index is 837. The van der Waals surface area contributed by atoms with Crippen molar-refractivity contribution < 1.29 is 8.78 Å². The van der Waals surface area contributed by atoms with Crippen molar-refractivity contribution in [2.75, 3.05) is 11.1 Å². The van der Waals surface area contributed by atoms with Gasteiger partial charge < -0.3 is 11.1 Å². The highest BCUT2D eigenvalue weighted by molar-refractivity contribution is 9.10. The second-order valence-electron chi connectivity index (χ2n) is 4.47. The molecule has 1 aromatic heterocycles. The third-order valence-electron chi connectivity index (χ3n) is 3.06. The number of hydrogen-bond acceptors (Lipinski definition) is 3. The number of pyridine rings is 1. The van der Waals surface area contributed by atoms with E-state index in [2.05, 4.69) is 26.2 Å². The van der Waals surface area contributed by atoms with Gasteiger partial charge in [-0.25, -0.2) is 8.78 Å². The van der Waals surface area contributed by atoms with Crippen LogP contribution in [-0.2, 0) is 0 Å². The minimum Gasteiger partial charge on any atom is -0.398 e. The average Bonchev–Trinajstić information content (AvgIpc) is 2.47. The van der Waals surface area contributed by atoms with E-state index in [9.17, 15) is 8.78 Å². The maximum Gasteiger partial charge on any atom is 0.150 e. The number of fused-ring (bicyclic) bond motifs is 1. The summed E-state index contributed by atoms with van der Waals surface area (Å²) < 4.78 is 28.2. The van der Waals surface area contributed by atoms with Crippen molar-refractivity contribution in [1.29, 1.82) is 0 Å². The van der Waals surface area contributed by atoms with Crippen LogP contribution in [0.1, 0.15) is 0 Å². The van der Waals surface area contributed by atoms with E-state index in [0.29, 0.717) is 26.8 Å². The van der Waals surface area contributed by atoms with Crippen LogP contribution in [0.3, 0.4) is 0 Å². The summed E-state index contributed by atoms with van der Waals surface area (Å²) >= 11 is 3.29. The number of rotatable bonds is 2. The zero-order valence-electron chi connectivity index (χ0n) is 10.7. The highest BCUT2D eigenvalue weighted by Gasteiger charge is 2.13. The van der Waals surface area contributed by atoms with Crippen LogP contribution in [0.2, 0.25) is 0 Å². The fraction of sp³-hybridized carbons (Fsp3) is 0. The highest BCUT2D eigenvalue weighted by Crippen LogP contribution is 2.34. The van der Waals surface area contributed by atoms with E-state index in [1.807, 2.05) is 0 Å². The lowest BCUT2D eigenvalue weighted by Gasteiger charge is -2.13. The maximum atomic E-state index is 14.2. The standard InChI is InChI=1S/C15H10BrF2N3/c16-10-4-3-8(17)6-13(10)21-15-11(18)7-12(19)9-2-1-5-20-14(9)15/h1-7,21H,19H2. The zero-order chi connectivity index (χ0) is 15.0. The van der Waals surface area contributed by atoms with Gasteiger partial charge in [0.1, 0.15) is 11.5 Å². The molecule has 0 fully saturated rings.